The summed E-state index contributed by atoms with van der Waals surface area (Å²) >= 11 is 0. The Morgan fingerprint density at radius 1 is 1.08 bits per heavy atom. The predicted octanol–water partition coefficient (Wildman–Crippen LogP) is 2.08. The molecular formula is C17H17N5O3. The van der Waals surface area contributed by atoms with Crippen molar-refractivity contribution in [3.63, 3.8) is 0 Å². The molecule has 0 aliphatic heterocycles. The van der Waals surface area contributed by atoms with Crippen LogP contribution in [0.1, 0.15) is 6.92 Å². The van der Waals surface area contributed by atoms with Crippen molar-refractivity contribution >= 4 is 11.6 Å². The third-order valence-corrected chi connectivity index (χ3v) is 3.22. The number of ether oxygens (including phenoxy) is 2. The van der Waals surface area contributed by atoms with Gasteiger partial charge in [-0.05, 0) is 31.2 Å². The van der Waals surface area contributed by atoms with Crippen LogP contribution in [0.2, 0.25) is 0 Å². The van der Waals surface area contributed by atoms with Gasteiger partial charge in [0, 0.05) is 0 Å². The second kappa shape index (κ2) is 7.91. The number of para-hydroxylation sites is 2. The Morgan fingerprint density at radius 3 is 2.44 bits per heavy atom. The van der Waals surface area contributed by atoms with Crippen LogP contribution in [0.15, 0.2) is 55.2 Å². The highest BCUT2D eigenvalue weighted by molar-refractivity contribution is 5.91. The lowest BCUT2D eigenvalue weighted by Gasteiger charge is -2.11. The van der Waals surface area contributed by atoms with E-state index in [0.29, 0.717) is 29.6 Å². The number of amides is 1. The minimum atomic E-state index is -0.287. The van der Waals surface area contributed by atoms with Crippen LogP contribution in [0.4, 0.5) is 5.69 Å². The maximum Gasteiger partial charge on any atom is 0.262 e. The van der Waals surface area contributed by atoms with Crippen molar-refractivity contribution in [2.75, 3.05) is 18.5 Å². The highest BCUT2D eigenvalue weighted by atomic mass is 16.5. The molecule has 0 atom stereocenters. The van der Waals surface area contributed by atoms with E-state index in [4.69, 9.17) is 9.47 Å². The van der Waals surface area contributed by atoms with Gasteiger partial charge in [0.05, 0.1) is 18.5 Å². The van der Waals surface area contributed by atoms with E-state index in [0.717, 1.165) is 0 Å². The average molecular weight is 339 g/mol. The topological polar surface area (TPSA) is 91.2 Å². The van der Waals surface area contributed by atoms with Gasteiger partial charge < -0.3 is 14.8 Å². The molecule has 0 unspecified atom stereocenters. The average Bonchev–Trinajstić information content (AvgIpc) is 3.17. The molecule has 25 heavy (non-hydrogen) atoms. The van der Waals surface area contributed by atoms with E-state index in [1.54, 1.807) is 47.7 Å². The minimum absolute atomic E-state index is 0.128. The molecule has 3 aromatic rings. The van der Waals surface area contributed by atoms with Crippen LogP contribution in [0, 0.1) is 0 Å². The Labute approximate surface area is 144 Å². The van der Waals surface area contributed by atoms with E-state index in [1.165, 1.54) is 0 Å². The number of hydrogen-bond donors (Lipinski definition) is 1. The van der Waals surface area contributed by atoms with Crippen molar-refractivity contribution in [1.29, 1.82) is 0 Å². The van der Waals surface area contributed by atoms with Gasteiger partial charge in [-0.1, -0.05) is 12.1 Å². The summed E-state index contributed by atoms with van der Waals surface area (Å²) in [6, 6.07) is 10.7. The number of aromatic nitrogens is 4. The van der Waals surface area contributed by atoms with Gasteiger partial charge in [-0.2, -0.15) is 0 Å². The van der Waals surface area contributed by atoms with Crippen LogP contribution >= 0.6 is 0 Å². The maximum atomic E-state index is 12.0. The summed E-state index contributed by atoms with van der Waals surface area (Å²) in [5.74, 6) is 1.51. The first kappa shape index (κ1) is 16.4. The van der Waals surface area contributed by atoms with Crippen LogP contribution in [-0.2, 0) is 4.79 Å². The predicted molar refractivity (Wildman–Crippen MR) is 90.9 cm³/mol. The Hall–Kier alpha value is -3.42. The van der Waals surface area contributed by atoms with Crippen molar-refractivity contribution in [3.8, 4) is 17.3 Å². The molecule has 0 saturated heterocycles. The molecule has 8 heteroatoms. The van der Waals surface area contributed by atoms with Gasteiger partial charge in [0.25, 0.3) is 5.91 Å². The van der Waals surface area contributed by atoms with Crippen molar-refractivity contribution in [2.45, 2.75) is 6.92 Å². The summed E-state index contributed by atoms with van der Waals surface area (Å²) in [5, 5.41) is 10.2. The molecule has 0 spiro atoms. The molecule has 1 aromatic carbocycles. The number of nitrogens with zero attached hydrogens (tertiary/aromatic N) is 4. The third kappa shape index (κ3) is 4.31. The maximum absolute atomic E-state index is 12.0. The molecule has 0 aliphatic rings. The summed E-state index contributed by atoms with van der Waals surface area (Å²) in [4.78, 5) is 16.3. The zero-order chi connectivity index (χ0) is 17.5. The van der Waals surface area contributed by atoms with Crippen LogP contribution in [0.25, 0.3) is 5.82 Å². The molecule has 128 valence electrons. The number of anilines is 1. The standard InChI is InChI=1S/C17H17N5O3/c1-2-24-14-5-3-4-6-15(14)25-10-17(23)21-13-7-8-16(18-9-13)22-11-19-20-12-22/h3-9,11-12H,2,10H2,1H3,(H,21,23). The van der Waals surface area contributed by atoms with E-state index in [2.05, 4.69) is 20.5 Å². The molecule has 0 aliphatic carbocycles. The monoisotopic (exact) mass is 339 g/mol. The molecule has 0 fully saturated rings. The van der Waals surface area contributed by atoms with Crippen LogP contribution in [0.5, 0.6) is 11.5 Å². The number of carbonyl (C=O) groups excluding carboxylic acids is 1. The van der Waals surface area contributed by atoms with E-state index in [9.17, 15) is 4.79 Å². The van der Waals surface area contributed by atoms with Gasteiger partial charge in [0.15, 0.2) is 18.1 Å². The molecular weight excluding hydrogens is 322 g/mol. The molecule has 3 rings (SSSR count). The minimum Gasteiger partial charge on any atom is -0.490 e. The Morgan fingerprint density at radius 2 is 1.80 bits per heavy atom. The summed E-state index contributed by atoms with van der Waals surface area (Å²) < 4.78 is 12.7. The second-order valence-electron chi connectivity index (χ2n) is 4.99. The lowest BCUT2D eigenvalue weighted by molar-refractivity contribution is -0.118. The molecule has 1 amide bonds. The smallest absolute Gasteiger partial charge is 0.262 e. The largest absolute Gasteiger partial charge is 0.490 e. The van der Waals surface area contributed by atoms with Crippen molar-refractivity contribution in [3.05, 3.63) is 55.2 Å². The van der Waals surface area contributed by atoms with Crippen molar-refractivity contribution in [1.82, 2.24) is 19.7 Å². The number of benzene rings is 1. The SMILES string of the molecule is CCOc1ccccc1OCC(=O)Nc1ccc(-n2cnnc2)nc1. The lowest BCUT2D eigenvalue weighted by Crippen LogP contribution is -2.20. The van der Waals surface area contributed by atoms with Gasteiger partial charge >= 0.3 is 0 Å². The second-order valence-corrected chi connectivity index (χ2v) is 4.99. The van der Waals surface area contributed by atoms with E-state index in [-0.39, 0.29) is 12.5 Å². The fourth-order valence-electron chi connectivity index (χ4n) is 2.12. The summed E-state index contributed by atoms with van der Waals surface area (Å²) in [6.45, 7) is 2.29. The van der Waals surface area contributed by atoms with E-state index >= 15 is 0 Å². The van der Waals surface area contributed by atoms with Gasteiger partial charge in [0.2, 0.25) is 0 Å². The fraction of sp³-hybridized carbons (Fsp3) is 0.176. The Bertz CT molecular complexity index is 819. The number of carbonyl (C=O) groups is 1. The zero-order valence-electron chi connectivity index (χ0n) is 13.6. The number of hydrogen-bond acceptors (Lipinski definition) is 6. The summed E-state index contributed by atoms with van der Waals surface area (Å²) in [5.41, 5.74) is 0.573. The molecule has 2 aromatic heterocycles. The van der Waals surface area contributed by atoms with Gasteiger partial charge in [-0.3, -0.25) is 9.36 Å². The first-order chi connectivity index (χ1) is 12.3. The van der Waals surface area contributed by atoms with Crippen LogP contribution < -0.4 is 14.8 Å². The Balaban J connectivity index is 1.56. The summed E-state index contributed by atoms with van der Waals surface area (Å²) in [7, 11) is 0. The number of pyridine rings is 1. The van der Waals surface area contributed by atoms with Gasteiger partial charge in [0.1, 0.15) is 18.5 Å². The molecule has 1 N–H and O–H groups in total. The zero-order valence-corrected chi connectivity index (χ0v) is 13.6. The highest BCUT2D eigenvalue weighted by Gasteiger charge is 2.08. The van der Waals surface area contributed by atoms with Gasteiger partial charge in [-0.25, -0.2) is 4.98 Å². The number of rotatable bonds is 7. The first-order valence-corrected chi connectivity index (χ1v) is 7.72. The van der Waals surface area contributed by atoms with Crippen LogP contribution in [0.3, 0.4) is 0 Å². The van der Waals surface area contributed by atoms with Gasteiger partial charge in [-0.15, -0.1) is 10.2 Å². The number of nitrogens with one attached hydrogen (secondary N) is 1. The lowest BCUT2D eigenvalue weighted by atomic mass is 10.3. The first-order valence-electron chi connectivity index (χ1n) is 7.72. The van der Waals surface area contributed by atoms with Crippen LogP contribution in [-0.4, -0.2) is 38.9 Å². The highest BCUT2D eigenvalue weighted by Crippen LogP contribution is 2.26. The normalized spacial score (nSPS) is 10.3. The van der Waals surface area contributed by atoms with E-state index < -0.39 is 0 Å². The molecule has 0 saturated carbocycles. The fourth-order valence-corrected chi connectivity index (χ4v) is 2.12. The Kier molecular flexibility index (Phi) is 5.20. The van der Waals surface area contributed by atoms with Crippen molar-refractivity contribution < 1.29 is 14.3 Å². The molecule has 0 bridgehead atoms. The molecule has 8 nitrogen and oxygen atoms in total. The van der Waals surface area contributed by atoms with Crippen molar-refractivity contribution in [2.24, 2.45) is 0 Å². The third-order valence-electron chi connectivity index (χ3n) is 3.22. The van der Waals surface area contributed by atoms with E-state index in [1.807, 2.05) is 19.1 Å². The summed E-state index contributed by atoms with van der Waals surface area (Å²) in [6.07, 6.45) is 4.65. The molecule has 2 heterocycles. The quantitative estimate of drug-likeness (QED) is 0.709. The molecule has 0 radical (unpaired) electrons.